The molecule has 0 bridgehead atoms. The van der Waals surface area contributed by atoms with Gasteiger partial charge in [-0.1, -0.05) is 6.08 Å². The van der Waals surface area contributed by atoms with Gasteiger partial charge in [-0.3, -0.25) is 0 Å². The van der Waals surface area contributed by atoms with E-state index in [4.69, 9.17) is 18.4 Å². The molecular weight excluding hydrogens is 192 g/mol. The Morgan fingerprint density at radius 1 is 1.31 bits per heavy atom. The third-order valence-corrected chi connectivity index (χ3v) is 4.16. The Balaban J connectivity index is 4.17. The Bertz CT molecular complexity index is 179. The van der Waals surface area contributed by atoms with Crippen molar-refractivity contribution in [3.05, 3.63) is 12.2 Å². The largest absolute Gasteiger partial charge is 0.504 e. The molecule has 0 fully saturated rings. The van der Waals surface area contributed by atoms with Gasteiger partial charge >= 0.3 is 14.8 Å². The van der Waals surface area contributed by atoms with Gasteiger partial charge in [0.2, 0.25) is 0 Å². The predicted octanol–water partition coefficient (Wildman–Crippen LogP) is 0.505. The zero-order chi connectivity index (χ0) is 10.3. The second kappa shape index (κ2) is 5.87. The number of allylic oxidation sites excluding steroid dienone is 1. The Kier molecular flexibility index (Phi) is 5.56. The third kappa shape index (κ3) is 4.18. The monoisotopic (exact) mass is 206 g/mol. The average molecular weight is 206 g/mol. The highest BCUT2D eigenvalue weighted by atomic mass is 28.4. The molecule has 0 radical (unpaired) electrons. The molecule has 0 aliphatic heterocycles. The number of aliphatic carboxylic acids is 1. The van der Waals surface area contributed by atoms with Crippen molar-refractivity contribution in [1.29, 1.82) is 0 Å². The highest BCUT2D eigenvalue weighted by Crippen LogP contribution is 2.12. The summed E-state index contributed by atoms with van der Waals surface area (Å²) in [6.45, 7) is 0. The van der Waals surface area contributed by atoms with Crippen molar-refractivity contribution in [2.24, 2.45) is 0 Å². The van der Waals surface area contributed by atoms with E-state index < -0.39 is 14.8 Å². The molecule has 0 amide bonds. The van der Waals surface area contributed by atoms with Crippen molar-refractivity contribution in [2.75, 3.05) is 21.3 Å². The van der Waals surface area contributed by atoms with Gasteiger partial charge in [-0.2, -0.15) is 0 Å². The van der Waals surface area contributed by atoms with Crippen LogP contribution in [0.25, 0.3) is 0 Å². The molecule has 0 unspecified atom stereocenters. The fraction of sp³-hybridized carbons (Fsp3) is 0.571. The van der Waals surface area contributed by atoms with E-state index >= 15 is 0 Å². The molecule has 5 nitrogen and oxygen atoms in total. The standard InChI is InChI=1S/C7H14O5Si/c1-10-13(11-2,12-3)6-4-5-7(8)9/h4-5H,6H2,1-3H3,(H,8,9)/b5-4+. The third-order valence-electron chi connectivity index (χ3n) is 1.56. The lowest BCUT2D eigenvalue weighted by Crippen LogP contribution is -2.42. The molecule has 0 aliphatic rings. The van der Waals surface area contributed by atoms with Gasteiger partial charge in [-0.05, 0) is 0 Å². The van der Waals surface area contributed by atoms with Crippen molar-refractivity contribution in [3.63, 3.8) is 0 Å². The van der Waals surface area contributed by atoms with Gasteiger partial charge in [-0.25, -0.2) is 4.79 Å². The second-order valence-corrected chi connectivity index (χ2v) is 5.24. The minimum Gasteiger partial charge on any atom is -0.478 e. The van der Waals surface area contributed by atoms with Crippen LogP contribution in [0, 0.1) is 0 Å². The summed E-state index contributed by atoms with van der Waals surface area (Å²) < 4.78 is 15.2. The lowest BCUT2D eigenvalue weighted by molar-refractivity contribution is -0.131. The van der Waals surface area contributed by atoms with Gasteiger partial charge in [0, 0.05) is 33.4 Å². The van der Waals surface area contributed by atoms with Crippen LogP contribution in [0.3, 0.4) is 0 Å². The predicted molar refractivity (Wildman–Crippen MR) is 48.4 cm³/mol. The lowest BCUT2D eigenvalue weighted by atomic mass is 10.5. The molecular formula is C7H14O5Si. The van der Waals surface area contributed by atoms with E-state index in [1.54, 1.807) is 0 Å². The zero-order valence-corrected chi connectivity index (χ0v) is 8.94. The molecule has 0 rings (SSSR count). The summed E-state index contributed by atoms with van der Waals surface area (Å²) in [5.74, 6) is -0.994. The molecule has 76 valence electrons. The van der Waals surface area contributed by atoms with Crippen molar-refractivity contribution < 1.29 is 23.2 Å². The number of rotatable bonds is 6. The minimum atomic E-state index is -2.63. The van der Waals surface area contributed by atoms with Crippen LogP contribution in [0.15, 0.2) is 12.2 Å². The average Bonchev–Trinajstić information content (AvgIpc) is 2.13. The molecule has 0 saturated heterocycles. The molecule has 0 saturated carbocycles. The Morgan fingerprint density at radius 2 is 1.77 bits per heavy atom. The van der Waals surface area contributed by atoms with Gasteiger partial charge in [0.1, 0.15) is 0 Å². The van der Waals surface area contributed by atoms with Crippen LogP contribution in [0.4, 0.5) is 0 Å². The number of carboxylic acids is 1. The van der Waals surface area contributed by atoms with Gasteiger partial charge in [0.05, 0.1) is 0 Å². The summed E-state index contributed by atoms with van der Waals surface area (Å²) in [4.78, 5) is 10.2. The quantitative estimate of drug-likeness (QED) is 0.506. The molecule has 0 aromatic carbocycles. The Hall–Kier alpha value is -0.693. The maximum atomic E-state index is 10.2. The van der Waals surface area contributed by atoms with E-state index in [2.05, 4.69) is 0 Å². The van der Waals surface area contributed by atoms with Gasteiger partial charge in [0.25, 0.3) is 0 Å². The number of hydrogen-bond donors (Lipinski definition) is 1. The molecule has 13 heavy (non-hydrogen) atoms. The first kappa shape index (κ1) is 12.3. The normalized spacial score (nSPS) is 12.2. The zero-order valence-electron chi connectivity index (χ0n) is 7.94. The van der Waals surface area contributed by atoms with Gasteiger partial charge < -0.3 is 18.4 Å². The summed E-state index contributed by atoms with van der Waals surface area (Å²) in [7, 11) is 1.81. The van der Waals surface area contributed by atoms with E-state index in [-0.39, 0.29) is 0 Å². The van der Waals surface area contributed by atoms with Crippen molar-refractivity contribution in [2.45, 2.75) is 6.04 Å². The first-order chi connectivity index (χ1) is 6.10. The highest BCUT2D eigenvalue weighted by Gasteiger charge is 2.36. The Morgan fingerprint density at radius 3 is 2.08 bits per heavy atom. The summed E-state index contributed by atoms with van der Waals surface area (Å²) in [6, 6.07) is 0.350. The SMILES string of the molecule is CO[Si](C/C=C/C(=O)O)(OC)OC. The molecule has 0 atom stereocenters. The number of hydrogen-bond acceptors (Lipinski definition) is 4. The maximum absolute atomic E-state index is 10.2. The minimum absolute atomic E-state index is 0.350. The van der Waals surface area contributed by atoms with E-state index in [0.29, 0.717) is 6.04 Å². The van der Waals surface area contributed by atoms with Crippen LogP contribution in [-0.2, 0) is 18.1 Å². The molecule has 0 aromatic rings. The molecule has 0 heterocycles. The van der Waals surface area contributed by atoms with E-state index in [1.165, 1.54) is 27.4 Å². The molecule has 1 N–H and O–H groups in total. The maximum Gasteiger partial charge on any atom is 0.504 e. The van der Waals surface area contributed by atoms with Crippen LogP contribution in [0.1, 0.15) is 0 Å². The summed E-state index contributed by atoms with van der Waals surface area (Å²) in [5.41, 5.74) is 0. The smallest absolute Gasteiger partial charge is 0.478 e. The van der Waals surface area contributed by atoms with Gasteiger partial charge in [0.15, 0.2) is 0 Å². The molecule has 0 aromatic heterocycles. The van der Waals surface area contributed by atoms with Crippen molar-refractivity contribution in [3.8, 4) is 0 Å². The molecule has 6 heteroatoms. The fourth-order valence-electron chi connectivity index (χ4n) is 0.804. The lowest BCUT2D eigenvalue weighted by Gasteiger charge is -2.22. The topological polar surface area (TPSA) is 65.0 Å². The van der Waals surface area contributed by atoms with Crippen LogP contribution in [-0.4, -0.2) is 41.2 Å². The summed E-state index contributed by atoms with van der Waals surface area (Å²) in [5, 5.41) is 8.33. The van der Waals surface area contributed by atoms with Crippen LogP contribution in [0.5, 0.6) is 0 Å². The molecule has 0 aliphatic carbocycles. The number of carbonyl (C=O) groups is 1. The number of carboxylic acid groups (broad SMARTS) is 1. The van der Waals surface area contributed by atoms with Crippen molar-refractivity contribution in [1.82, 2.24) is 0 Å². The van der Waals surface area contributed by atoms with Crippen LogP contribution in [0.2, 0.25) is 6.04 Å². The van der Waals surface area contributed by atoms with Gasteiger partial charge in [-0.15, -0.1) is 0 Å². The second-order valence-electron chi connectivity index (χ2n) is 2.24. The highest BCUT2D eigenvalue weighted by molar-refractivity contribution is 6.61. The molecule has 0 spiro atoms. The first-order valence-electron chi connectivity index (χ1n) is 3.65. The fourth-order valence-corrected chi connectivity index (χ4v) is 2.21. The van der Waals surface area contributed by atoms with E-state index in [9.17, 15) is 4.79 Å². The van der Waals surface area contributed by atoms with E-state index in [0.717, 1.165) is 6.08 Å². The summed E-state index contributed by atoms with van der Waals surface area (Å²) in [6.07, 6.45) is 2.50. The van der Waals surface area contributed by atoms with Crippen molar-refractivity contribution >= 4 is 14.8 Å². The van der Waals surface area contributed by atoms with Crippen LogP contribution >= 0.6 is 0 Å². The van der Waals surface area contributed by atoms with Crippen LogP contribution < -0.4 is 0 Å². The summed E-state index contributed by atoms with van der Waals surface area (Å²) >= 11 is 0. The first-order valence-corrected chi connectivity index (χ1v) is 5.58. The Labute approximate surface area is 78.3 Å². The van der Waals surface area contributed by atoms with E-state index in [1.807, 2.05) is 0 Å².